The van der Waals surface area contributed by atoms with E-state index in [1.807, 2.05) is 20.3 Å². The summed E-state index contributed by atoms with van der Waals surface area (Å²) in [4.78, 5) is 30.1. The molecule has 2 aliphatic carbocycles. The summed E-state index contributed by atoms with van der Waals surface area (Å²) in [6.07, 6.45) is 10.9. The van der Waals surface area contributed by atoms with Crippen molar-refractivity contribution in [2.45, 2.75) is 30.2 Å². The summed E-state index contributed by atoms with van der Waals surface area (Å²) in [6.45, 7) is 0. The Bertz CT molecular complexity index is 1080. The van der Waals surface area contributed by atoms with Crippen LogP contribution in [0.3, 0.4) is 0 Å². The molecule has 0 spiro atoms. The molecule has 2 bridgehead atoms. The second-order valence-corrected chi connectivity index (χ2v) is 9.58. The Balaban J connectivity index is 1.45. The molecule has 1 aromatic carbocycles. The van der Waals surface area contributed by atoms with E-state index in [4.69, 9.17) is 9.97 Å². The zero-order chi connectivity index (χ0) is 21.5. The molecule has 1 aromatic heterocycles. The Morgan fingerprint density at radius 2 is 2.06 bits per heavy atom. The molecule has 0 radical (unpaired) electrons. The average Bonchev–Trinajstić information content (AvgIpc) is 3.49. The predicted octanol–water partition coefficient (Wildman–Crippen LogP) is 3.74. The van der Waals surface area contributed by atoms with Gasteiger partial charge < -0.3 is 10.2 Å². The van der Waals surface area contributed by atoms with Crippen molar-refractivity contribution in [1.29, 1.82) is 0 Å². The van der Waals surface area contributed by atoms with Gasteiger partial charge >= 0.3 is 0 Å². The fraction of sp³-hybridized carbons (Fsp3) is 0.417. The van der Waals surface area contributed by atoms with E-state index >= 15 is 0 Å². The maximum atomic E-state index is 12.9. The van der Waals surface area contributed by atoms with Crippen molar-refractivity contribution in [1.82, 2.24) is 14.9 Å². The second-order valence-electron chi connectivity index (χ2n) is 8.70. The van der Waals surface area contributed by atoms with Crippen molar-refractivity contribution in [2.75, 3.05) is 25.7 Å². The maximum absolute atomic E-state index is 12.9. The first kappa shape index (κ1) is 20.2. The van der Waals surface area contributed by atoms with E-state index in [9.17, 15) is 4.79 Å². The molecule has 3 aliphatic rings. The van der Waals surface area contributed by atoms with Crippen LogP contribution in [0.4, 0.5) is 11.5 Å². The Kier molecular flexibility index (Phi) is 5.30. The van der Waals surface area contributed by atoms with Gasteiger partial charge in [-0.3, -0.25) is 9.79 Å². The van der Waals surface area contributed by atoms with Crippen LogP contribution in [0.25, 0.3) is 0 Å². The molecule has 1 N–H and O–H groups in total. The fourth-order valence-electron chi connectivity index (χ4n) is 5.01. The number of thioether (sulfide) groups is 1. The number of aliphatic imine (C=N–C) groups is 1. The van der Waals surface area contributed by atoms with Gasteiger partial charge in [-0.05, 0) is 42.2 Å². The number of rotatable bonds is 6. The third kappa shape index (κ3) is 3.76. The lowest BCUT2D eigenvalue weighted by atomic mass is 9.87. The van der Waals surface area contributed by atoms with E-state index in [2.05, 4.69) is 53.0 Å². The SMILES string of the molecule is CSc1cccc(Cc2nc3c(c(NC4C5C=CC(C5)C4C(=O)N(C)C)n2)N=CC3)c1. The van der Waals surface area contributed by atoms with E-state index < -0.39 is 0 Å². The van der Waals surface area contributed by atoms with Crippen molar-refractivity contribution in [3.05, 3.63) is 53.5 Å². The molecule has 7 heteroatoms. The smallest absolute Gasteiger partial charge is 0.227 e. The van der Waals surface area contributed by atoms with Gasteiger partial charge in [0.2, 0.25) is 5.91 Å². The van der Waals surface area contributed by atoms with Crippen molar-refractivity contribution in [2.24, 2.45) is 22.7 Å². The van der Waals surface area contributed by atoms with Crippen molar-refractivity contribution >= 4 is 35.4 Å². The van der Waals surface area contributed by atoms with Crippen molar-refractivity contribution in [3.8, 4) is 0 Å². The normalized spacial score (nSPS) is 25.1. The molecule has 1 saturated carbocycles. The monoisotopic (exact) mass is 433 g/mol. The zero-order valence-corrected chi connectivity index (χ0v) is 18.9. The number of anilines is 1. The number of nitrogens with zero attached hydrogens (tertiary/aromatic N) is 4. The van der Waals surface area contributed by atoms with Crippen LogP contribution in [0, 0.1) is 17.8 Å². The van der Waals surface area contributed by atoms with Crippen LogP contribution in [0.15, 0.2) is 46.3 Å². The summed E-state index contributed by atoms with van der Waals surface area (Å²) >= 11 is 1.73. The number of benzene rings is 1. The molecule has 2 heterocycles. The maximum Gasteiger partial charge on any atom is 0.227 e. The first-order valence-corrected chi connectivity index (χ1v) is 12.0. The van der Waals surface area contributed by atoms with E-state index in [1.165, 1.54) is 10.5 Å². The van der Waals surface area contributed by atoms with Crippen molar-refractivity contribution in [3.63, 3.8) is 0 Å². The molecule has 5 rings (SSSR count). The minimum Gasteiger partial charge on any atom is -0.364 e. The Hall–Kier alpha value is -2.67. The number of carbonyl (C=O) groups is 1. The summed E-state index contributed by atoms with van der Waals surface area (Å²) in [5.41, 5.74) is 2.98. The number of nitrogens with one attached hydrogen (secondary N) is 1. The quantitative estimate of drug-likeness (QED) is 0.555. The minimum atomic E-state index is -0.0669. The highest BCUT2D eigenvalue weighted by molar-refractivity contribution is 7.98. The molecule has 1 fully saturated rings. The van der Waals surface area contributed by atoms with Gasteiger partial charge in [-0.15, -0.1) is 11.8 Å². The lowest BCUT2D eigenvalue weighted by molar-refractivity contribution is -0.133. The van der Waals surface area contributed by atoms with Crippen LogP contribution in [-0.2, 0) is 17.6 Å². The van der Waals surface area contributed by atoms with Crippen LogP contribution in [-0.4, -0.2) is 53.4 Å². The number of allylic oxidation sites excluding steroid dienone is 1. The van der Waals surface area contributed by atoms with Gasteiger partial charge in [-0.2, -0.15) is 0 Å². The molecule has 160 valence electrons. The standard InChI is InChI=1S/C24H27N5OS/c1-29(2)24(30)20-15-7-8-16(13-15)21(20)28-23-22-18(9-10-25-22)26-19(27-23)12-14-5-4-6-17(11-14)31-3/h4-8,10-11,15-16,20-21H,9,12-13H2,1-3H3,(H,26,27,28). The molecular weight excluding hydrogens is 406 g/mol. The molecule has 31 heavy (non-hydrogen) atoms. The fourth-order valence-corrected chi connectivity index (χ4v) is 5.49. The van der Waals surface area contributed by atoms with Gasteiger partial charge in [0.1, 0.15) is 11.5 Å². The zero-order valence-electron chi connectivity index (χ0n) is 18.1. The van der Waals surface area contributed by atoms with E-state index in [0.29, 0.717) is 18.3 Å². The molecule has 4 atom stereocenters. The van der Waals surface area contributed by atoms with Gasteiger partial charge in [-0.25, -0.2) is 9.97 Å². The Morgan fingerprint density at radius 1 is 1.23 bits per heavy atom. The lowest BCUT2D eigenvalue weighted by Crippen LogP contribution is -2.43. The van der Waals surface area contributed by atoms with Gasteiger partial charge in [0, 0.05) is 44.1 Å². The van der Waals surface area contributed by atoms with Crippen LogP contribution in [0.5, 0.6) is 0 Å². The van der Waals surface area contributed by atoms with E-state index in [-0.39, 0.29) is 17.9 Å². The van der Waals surface area contributed by atoms with Crippen LogP contribution < -0.4 is 5.32 Å². The highest BCUT2D eigenvalue weighted by Crippen LogP contribution is 2.46. The summed E-state index contributed by atoms with van der Waals surface area (Å²) in [6, 6.07) is 8.54. The van der Waals surface area contributed by atoms with Crippen LogP contribution >= 0.6 is 11.8 Å². The first-order chi connectivity index (χ1) is 15.0. The molecule has 4 unspecified atom stereocenters. The molecule has 1 aliphatic heterocycles. The van der Waals surface area contributed by atoms with E-state index in [0.717, 1.165) is 35.9 Å². The first-order valence-electron chi connectivity index (χ1n) is 10.7. The number of fused-ring (bicyclic) bond motifs is 3. The van der Waals surface area contributed by atoms with Crippen LogP contribution in [0.2, 0.25) is 0 Å². The number of aromatic nitrogens is 2. The van der Waals surface area contributed by atoms with Gasteiger partial charge in [0.05, 0.1) is 11.6 Å². The summed E-state index contributed by atoms with van der Waals surface area (Å²) in [5.74, 6) is 2.30. The van der Waals surface area contributed by atoms with Gasteiger partial charge in [-0.1, -0.05) is 24.3 Å². The van der Waals surface area contributed by atoms with Gasteiger partial charge in [0.25, 0.3) is 0 Å². The topological polar surface area (TPSA) is 70.5 Å². The number of hydrogen-bond acceptors (Lipinski definition) is 6. The predicted molar refractivity (Wildman–Crippen MR) is 125 cm³/mol. The van der Waals surface area contributed by atoms with E-state index in [1.54, 1.807) is 16.7 Å². The Labute approximate surface area is 187 Å². The molecular formula is C24H27N5OS. The van der Waals surface area contributed by atoms with Crippen molar-refractivity contribution < 1.29 is 4.79 Å². The highest BCUT2D eigenvalue weighted by Gasteiger charge is 2.49. The summed E-state index contributed by atoms with van der Waals surface area (Å²) < 4.78 is 0. The molecule has 6 nitrogen and oxygen atoms in total. The lowest BCUT2D eigenvalue weighted by Gasteiger charge is -2.30. The summed E-state index contributed by atoms with van der Waals surface area (Å²) in [5, 5.41) is 3.64. The van der Waals surface area contributed by atoms with Crippen LogP contribution in [0.1, 0.15) is 23.5 Å². The number of amides is 1. The highest BCUT2D eigenvalue weighted by atomic mass is 32.2. The molecule has 2 aromatic rings. The third-order valence-corrected chi connectivity index (χ3v) is 7.22. The number of carbonyl (C=O) groups excluding carboxylic acids is 1. The number of hydrogen-bond donors (Lipinski definition) is 1. The summed E-state index contributed by atoms with van der Waals surface area (Å²) in [7, 11) is 3.67. The second kappa shape index (κ2) is 8.11. The Morgan fingerprint density at radius 3 is 2.87 bits per heavy atom. The third-order valence-electron chi connectivity index (χ3n) is 6.49. The average molecular weight is 434 g/mol. The molecule has 0 saturated heterocycles. The van der Waals surface area contributed by atoms with Gasteiger partial charge in [0.15, 0.2) is 5.82 Å². The minimum absolute atomic E-state index is 0.0346. The largest absolute Gasteiger partial charge is 0.364 e. The molecule has 1 amide bonds.